The molecule has 1 N–H and O–H groups in total. The fourth-order valence-corrected chi connectivity index (χ4v) is 3.71. The van der Waals surface area contributed by atoms with Gasteiger partial charge in [0.15, 0.2) is 0 Å². The van der Waals surface area contributed by atoms with Gasteiger partial charge in [-0.15, -0.1) is 0 Å². The number of nitrogens with one attached hydrogen (secondary N) is 1. The van der Waals surface area contributed by atoms with Gasteiger partial charge >= 0.3 is 6.18 Å². The molecule has 0 bridgehead atoms. The zero-order valence-electron chi connectivity index (χ0n) is 15.7. The van der Waals surface area contributed by atoms with Crippen molar-refractivity contribution in [3.63, 3.8) is 0 Å². The molecule has 0 aliphatic rings. The lowest BCUT2D eigenvalue weighted by Crippen LogP contribution is -2.18. The molecule has 0 aliphatic heterocycles. The molecule has 5 nitrogen and oxygen atoms in total. The summed E-state index contributed by atoms with van der Waals surface area (Å²) in [6.45, 7) is 0. The van der Waals surface area contributed by atoms with Crippen LogP contribution < -0.4 is 5.32 Å². The van der Waals surface area contributed by atoms with Crippen LogP contribution in [0.4, 0.5) is 23.2 Å². The van der Waals surface area contributed by atoms with Crippen molar-refractivity contribution in [2.75, 3.05) is 11.1 Å². The first-order valence-electron chi connectivity index (χ1n) is 9.00. The molecule has 10 heteroatoms. The van der Waals surface area contributed by atoms with Gasteiger partial charge in [-0.2, -0.15) is 18.3 Å². The highest BCUT2D eigenvalue weighted by molar-refractivity contribution is 8.00. The van der Waals surface area contributed by atoms with E-state index in [1.54, 1.807) is 28.9 Å². The Kier molecular flexibility index (Phi) is 5.64. The van der Waals surface area contributed by atoms with Crippen molar-refractivity contribution >= 4 is 28.9 Å². The molecule has 0 radical (unpaired) electrons. The maximum absolute atomic E-state index is 13.2. The summed E-state index contributed by atoms with van der Waals surface area (Å²) in [4.78, 5) is 16.5. The Bertz CT molecular complexity index is 1240. The number of fused-ring (bicyclic) bond motifs is 1. The summed E-state index contributed by atoms with van der Waals surface area (Å²) in [5.41, 5.74) is 0.722. The van der Waals surface area contributed by atoms with E-state index in [4.69, 9.17) is 0 Å². The van der Waals surface area contributed by atoms with Gasteiger partial charge in [0.1, 0.15) is 10.8 Å². The van der Waals surface area contributed by atoms with Crippen molar-refractivity contribution in [2.24, 2.45) is 0 Å². The summed E-state index contributed by atoms with van der Waals surface area (Å²) in [5, 5.41) is 7.22. The molecule has 0 unspecified atom stereocenters. The van der Waals surface area contributed by atoms with Crippen LogP contribution in [0.3, 0.4) is 0 Å². The quantitative estimate of drug-likeness (QED) is 0.335. The molecular formula is C21H14F4N4OS. The topological polar surface area (TPSA) is 59.3 Å². The molecular weight excluding hydrogens is 432 g/mol. The molecule has 0 aliphatic carbocycles. The van der Waals surface area contributed by atoms with Crippen LogP contribution in [0.5, 0.6) is 0 Å². The van der Waals surface area contributed by atoms with Crippen molar-refractivity contribution in [1.29, 1.82) is 0 Å². The number of carbonyl (C=O) groups excluding carboxylic acids is 1. The van der Waals surface area contributed by atoms with E-state index in [0.29, 0.717) is 21.8 Å². The van der Waals surface area contributed by atoms with E-state index in [1.165, 1.54) is 36.5 Å². The van der Waals surface area contributed by atoms with Gasteiger partial charge in [0, 0.05) is 18.0 Å². The predicted octanol–water partition coefficient (Wildman–Crippen LogP) is 5.29. The van der Waals surface area contributed by atoms with Crippen LogP contribution in [-0.4, -0.2) is 26.3 Å². The number of nitrogens with zero attached hydrogens (tertiary/aromatic N) is 3. The Hall–Kier alpha value is -3.40. The number of carbonyl (C=O) groups is 1. The first kappa shape index (κ1) is 20.9. The van der Waals surface area contributed by atoms with Gasteiger partial charge in [-0.3, -0.25) is 4.79 Å². The SMILES string of the molecule is O=C(CSc1nccn2nc(-c3ccc(F)cc3)cc12)Nc1ccccc1C(F)(F)F. The lowest BCUT2D eigenvalue weighted by atomic mass is 10.1. The summed E-state index contributed by atoms with van der Waals surface area (Å²) < 4.78 is 54.0. The second-order valence-electron chi connectivity index (χ2n) is 6.48. The average Bonchev–Trinajstić information content (AvgIpc) is 3.17. The minimum atomic E-state index is -4.57. The fraction of sp³-hybridized carbons (Fsp3) is 0.0952. The number of alkyl halides is 3. The molecule has 2 aromatic heterocycles. The molecule has 2 aromatic carbocycles. The van der Waals surface area contributed by atoms with E-state index in [0.717, 1.165) is 17.8 Å². The molecule has 0 atom stereocenters. The summed E-state index contributed by atoms with van der Waals surface area (Å²) in [7, 11) is 0. The number of halogens is 4. The number of thioether (sulfide) groups is 1. The second-order valence-corrected chi connectivity index (χ2v) is 7.44. The molecule has 0 saturated carbocycles. The van der Waals surface area contributed by atoms with E-state index in [1.807, 2.05) is 0 Å². The van der Waals surface area contributed by atoms with Gasteiger partial charge in [-0.25, -0.2) is 13.9 Å². The van der Waals surface area contributed by atoms with E-state index < -0.39 is 17.6 Å². The monoisotopic (exact) mass is 446 g/mol. The third kappa shape index (κ3) is 4.69. The minimum absolute atomic E-state index is 0.143. The van der Waals surface area contributed by atoms with Crippen molar-refractivity contribution in [1.82, 2.24) is 14.6 Å². The molecule has 158 valence electrons. The third-order valence-electron chi connectivity index (χ3n) is 4.34. The van der Waals surface area contributed by atoms with E-state index in [-0.39, 0.29) is 17.3 Å². The zero-order valence-corrected chi connectivity index (χ0v) is 16.5. The number of amides is 1. The van der Waals surface area contributed by atoms with Gasteiger partial charge in [0.2, 0.25) is 5.91 Å². The maximum Gasteiger partial charge on any atom is 0.418 e. The van der Waals surface area contributed by atoms with Crippen molar-refractivity contribution in [3.8, 4) is 11.3 Å². The number of rotatable bonds is 5. The highest BCUT2D eigenvalue weighted by atomic mass is 32.2. The van der Waals surface area contributed by atoms with Gasteiger partial charge < -0.3 is 5.32 Å². The standard InChI is InChI=1S/C21H14F4N4OS/c22-14-7-5-13(6-8-14)17-11-18-20(26-9-10-29(18)28-17)31-12-19(30)27-16-4-2-1-3-15(16)21(23,24)25/h1-11H,12H2,(H,27,30). The molecule has 4 rings (SSSR count). The van der Waals surface area contributed by atoms with E-state index in [9.17, 15) is 22.4 Å². The molecule has 1 amide bonds. The first-order valence-corrected chi connectivity index (χ1v) is 9.99. The van der Waals surface area contributed by atoms with E-state index in [2.05, 4.69) is 15.4 Å². The maximum atomic E-state index is 13.2. The highest BCUT2D eigenvalue weighted by Crippen LogP contribution is 2.34. The number of anilines is 1. The van der Waals surface area contributed by atoms with Crippen LogP contribution in [0.25, 0.3) is 16.8 Å². The Balaban J connectivity index is 1.51. The van der Waals surface area contributed by atoms with Crippen molar-refractivity contribution in [3.05, 3.63) is 78.4 Å². The molecule has 4 aromatic rings. The fourth-order valence-electron chi connectivity index (χ4n) is 2.93. The van der Waals surface area contributed by atoms with Crippen molar-refractivity contribution in [2.45, 2.75) is 11.2 Å². The summed E-state index contributed by atoms with van der Waals surface area (Å²) in [6, 6.07) is 12.4. The number of aromatic nitrogens is 3. The molecule has 0 saturated heterocycles. The van der Waals surface area contributed by atoms with Crippen molar-refractivity contribution < 1.29 is 22.4 Å². The lowest BCUT2D eigenvalue weighted by Gasteiger charge is -2.13. The van der Waals surface area contributed by atoms with Gasteiger partial charge in [-0.05, 0) is 42.5 Å². The Morgan fingerprint density at radius 2 is 1.84 bits per heavy atom. The number of para-hydroxylation sites is 1. The molecule has 31 heavy (non-hydrogen) atoms. The third-order valence-corrected chi connectivity index (χ3v) is 5.34. The summed E-state index contributed by atoms with van der Waals surface area (Å²) in [6.07, 6.45) is -1.43. The van der Waals surface area contributed by atoms with E-state index >= 15 is 0 Å². The van der Waals surface area contributed by atoms with Crippen LogP contribution >= 0.6 is 11.8 Å². The number of benzene rings is 2. The molecule has 0 fully saturated rings. The lowest BCUT2D eigenvalue weighted by molar-refractivity contribution is -0.137. The van der Waals surface area contributed by atoms with Crippen LogP contribution in [0.15, 0.2) is 72.0 Å². The minimum Gasteiger partial charge on any atom is -0.325 e. The summed E-state index contributed by atoms with van der Waals surface area (Å²) in [5.74, 6) is -1.09. The van der Waals surface area contributed by atoms with Gasteiger partial charge in [0.25, 0.3) is 0 Å². The summed E-state index contributed by atoms with van der Waals surface area (Å²) >= 11 is 1.08. The van der Waals surface area contributed by atoms with Crippen LogP contribution in [0.1, 0.15) is 5.56 Å². The Labute approximate surface area is 178 Å². The normalized spacial score (nSPS) is 11.6. The average molecular weight is 446 g/mol. The second kappa shape index (κ2) is 8.38. The zero-order chi connectivity index (χ0) is 22.0. The number of hydrogen-bond donors (Lipinski definition) is 1. The highest BCUT2D eigenvalue weighted by Gasteiger charge is 2.33. The van der Waals surface area contributed by atoms with Crippen LogP contribution in [0, 0.1) is 5.82 Å². The predicted molar refractivity (Wildman–Crippen MR) is 109 cm³/mol. The Morgan fingerprint density at radius 1 is 1.10 bits per heavy atom. The largest absolute Gasteiger partial charge is 0.418 e. The van der Waals surface area contributed by atoms with Gasteiger partial charge in [-0.1, -0.05) is 23.9 Å². The number of hydrogen-bond acceptors (Lipinski definition) is 4. The smallest absolute Gasteiger partial charge is 0.325 e. The Morgan fingerprint density at radius 3 is 2.58 bits per heavy atom. The van der Waals surface area contributed by atoms with Crippen LogP contribution in [0.2, 0.25) is 0 Å². The van der Waals surface area contributed by atoms with Crippen LogP contribution in [-0.2, 0) is 11.0 Å². The molecule has 0 spiro atoms. The first-order chi connectivity index (χ1) is 14.8. The molecule has 2 heterocycles. The van der Waals surface area contributed by atoms with Gasteiger partial charge in [0.05, 0.1) is 28.2 Å².